The fourth-order valence-electron chi connectivity index (χ4n) is 4.47. The Morgan fingerprint density at radius 3 is 2.37 bits per heavy atom. The molecule has 3 aromatic carbocycles. The van der Waals surface area contributed by atoms with E-state index in [9.17, 15) is 24.2 Å². The molecule has 1 saturated heterocycles. The van der Waals surface area contributed by atoms with Gasteiger partial charge in [0.15, 0.2) is 11.5 Å². The third-order valence-electron chi connectivity index (χ3n) is 6.36. The van der Waals surface area contributed by atoms with Crippen molar-refractivity contribution in [3.05, 3.63) is 88.7 Å². The van der Waals surface area contributed by atoms with Crippen LogP contribution in [0.2, 0.25) is 0 Å². The summed E-state index contributed by atoms with van der Waals surface area (Å²) in [5.41, 5.74) is 1.25. The van der Waals surface area contributed by atoms with Crippen LogP contribution in [0.15, 0.2) is 66.2 Å². The van der Waals surface area contributed by atoms with Crippen molar-refractivity contribution < 1.29 is 38.4 Å². The smallest absolute Gasteiger partial charge is 0.295 e. The molecule has 0 bridgehead atoms. The van der Waals surface area contributed by atoms with Gasteiger partial charge in [0.05, 0.1) is 38.0 Å². The number of carbonyl (C=O) groups excluding carboxylic acids is 2. The number of aliphatic hydroxyl groups excluding tert-OH is 1. The lowest BCUT2D eigenvalue weighted by Gasteiger charge is -2.26. The number of phenolic OH excluding ortho intramolecular Hbond substituents is 1. The lowest BCUT2D eigenvalue weighted by atomic mass is 9.94. The standard InChI is InChI=1S/C29H28FNO7/c1-4-38-24-15-18(7-11-22(24)32)26-25(27(33)21-16-20(36-2)10-12-23(21)37-3)28(34)29(35)31(26)14-13-17-5-8-19(30)9-6-17/h5-12,15-16,26,32-33H,4,13-14H2,1-3H3/b27-25+. The Hall–Kier alpha value is -4.53. The summed E-state index contributed by atoms with van der Waals surface area (Å²) in [4.78, 5) is 28.0. The first-order valence-corrected chi connectivity index (χ1v) is 12.0. The molecular formula is C29H28FNO7. The minimum Gasteiger partial charge on any atom is -0.507 e. The molecule has 1 aliphatic rings. The Bertz CT molecular complexity index is 1380. The van der Waals surface area contributed by atoms with Crippen LogP contribution in [0.4, 0.5) is 4.39 Å². The van der Waals surface area contributed by atoms with E-state index in [1.807, 2.05) is 0 Å². The third-order valence-corrected chi connectivity index (χ3v) is 6.36. The van der Waals surface area contributed by atoms with Crippen molar-refractivity contribution in [2.75, 3.05) is 27.4 Å². The molecule has 1 unspecified atom stereocenters. The summed E-state index contributed by atoms with van der Waals surface area (Å²) >= 11 is 0. The Balaban J connectivity index is 1.86. The Morgan fingerprint density at radius 2 is 1.71 bits per heavy atom. The fourth-order valence-corrected chi connectivity index (χ4v) is 4.47. The Kier molecular flexibility index (Phi) is 7.85. The third kappa shape index (κ3) is 5.13. The van der Waals surface area contributed by atoms with E-state index in [-0.39, 0.29) is 47.4 Å². The van der Waals surface area contributed by atoms with Crippen LogP contribution in [-0.4, -0.2) is 54.2 Å². The molecular weight excluding hydrogens is 493 g/mol. The molecule has 38 heavy (non-hydrogen) atoms. The molecule has 9 heteroatoms. The van der Waals surface area contributed by atoms with Crippen molar-refractivity contribution >= 4 is 17.4 Å². The highest BCUT2D eigenvalue weighted by Gasteiger charge is 2.46. The molecule has 2 N–H and O–H groups in total. The number of aliphatic hydroxyl groups is 1. The second kappa shape index (κ2) is 11.2. The highest BCUT2D eigenvalue weighted by Crippen LogP contribution is 2.43. The minimum atomic E-state index is -0.994. The quantitative estimate of drug-likeness (QED) is 0.241. The molecule has 1 fully saturated rings. The summed E-state index contributed by atoms with van der Waals surface area (Å²) < 4.78 is 29.6. The monoisotopic (exact) mass is 521 g/mol. The number of methoxy groups -OCH3 is 2. The number of rotatable bonds is 9. The lowest BCUT2D eigenvalue weighted by molar-refractivity contribution is -0.139. The number of amides is 1. The summed E-state index contributed by atoms with van der Waals surface area (Å²) in [6.07, 6.45) is 0.336. The predicted octanol–water partition coefficient (Wildman–Crippen LogP) is 4.61. The summed E-state index contributed by atoms with van der Waals surface area (Å²) in [7, 11) is 2.89. The SMILES string of the molecule is CCOc1cc(C2/C(=C(\O)c3cc(OC)ccc3OC)C(=O)C(=O)N2CCc2ccc(F)cc2)ccc1O. The molecule has 0 spiro atoms. The van der Waals surface area contributed by atoms with Crippen LogP contribution in [0.3, 0.4) is 0 Å². The number of phenols is 1. The molecule has 0 saturated carbocycles. The first-order chi connectivity index (χ1) is 18.3. The molecule has 1 aliphatic heterocycles. The Morgan fingerprint density at radius 1 is 0.974 bits per heavy atom. The van der Waals surface area contributed by atoms with Gasteiger partial charge in [-0.05, 0) is 66.9 Å². The molecule has 0 radical (unpaired) electrons. The first kappa shape index (κ1) is 26.5. The van der Waals surface area contributed by atoms with Gasteiger partial charge in [0.2, 0.25) is 0 Å². The Labute approximate surface area is 219 Å². The molecule has 1 atom stereocenters. The van der Waals surface area contributed by atoms with Gasteiger partial charge < -0.3 is 29.3 Å². The molecule has 0 aromatic heterocycles. The summed E-state index contributed by atoms with van der Waals surface area (Å²) in [6.45, 7) is 2.15. The van der Waals surface area contributed by atoms with Gasteiger partial charge in [-0.25, -0.2) is 4.39 Å². The van der Waals surface area contributed by atoms with Gasteiger partial charge in [-0.2, -0.15) is 0 Å². The zero-order valence-corrected chi connectivity index (χ0v) is 21.2. The summed E-state index contributed by atoms with van der Waals surface area (Å²) in [6, 6.07) is 14.1. The van der Waals surface area contributed by atoms with Gasteiger partial charge in [0.1, 0.15) is 23.1 Å². The van der Waals surface area contributed by atoms with Gasteiger partial charge in [-0.1, -0.05) is 18.2 Å². The fraction of sp³-hybridized carbons (Fsp3) is 0.241. The topological polar surface area (TPSA) is 106 Å². The van der Waals surface area contributed by atoms with E-state index in [0.29, 0.717) is 17.7 Å². The molecule has 0 aliphatic carbocycles. The van der Waals surface area contributed by atoms with Crippen molar-refractivity contribution in [2.24, 2.45) is 0 Å². The van der Waals surface area contributed by atoms with Crippen molar-refractivity contribution in [1.82, 2.24) is 4.90 Å². The van der Waals surface area contributed by atoms with Crippen LogP contribution in [0, 0.1) is 5.82 Å². The number of aromatic hydroxyl groups is 1. The number of ketones is 1. The van der Waals surface area contributed by atoms with Crippen molar-refractivity contribution in [3.63, 3.8) is 0 Å². The van der Waals surface area contributed by atoms with E-state index in [1.165, 1.54) is 49.5 Å². The maximum atomic E-state index is 13.4. The number of carbonyl (C=O) groups is 2. The van der Waals surface area contributed by atoms with E-state index >= 15 is 0 Å². The van der Waals surface area contributed by atoms with Crippen molar-refractivity contribution in [1.29, 1.82) is 0 Å². The molecule has 198 valence electrons. The highest BCUT2D eigenvalue weighted by molar-refractivity contribution is 6.46. The maximum Gasteiger partial charge on any atom is 0.295 e. The number of nitrogens with zero attached hydrogens (tertiary/aromatic N) is 1. The second-order valence-electron chi connectivity index (χ2n) is 8.60. The van der Waals surface area contributed by atoms with Crippen LogP contribution < -0.4 is 14.2 Å². The van der Waals surface area contributed by atoms with Crippen molar-refractivity contribution in [2.45, 2.75) is 19.4 Å². The summed E-state index contributed by atoms with van der Waals surface area (Å²) in [5.74, 6) is -1.72. The molecule has 4 rings (SSSR count). The summed E-state index contributed by atoms with van der Waals surface area (Å²) in [5, 5.41) is 21.7. The zero-order chi connectivity index (χ0) is 27.4. The molecule has 1 heterocycles. The van der Waals surface area contributed by atoms with Gasteiger partial charge in [0.25, 0.3) is 11.7 Å². The van der Waals surface area contributed by atoms with Crippen molar-refractivity contribution in [3.8, 4) is 23.0 Å². The number of Topliss-reactive ketones (excluding diaryl/α,β-unsaturated/α-hetero) is 1. The van der Waals surface area contributed by atoms with Crippen LogP contribution in [0.1, 0.15) is 29.7 Å². The van der Waals surface area contributed by atoms with E-state index < -0.39 is 23.5 Å². The number of hydrogen-bond acceptors (Lipinski definition) is 7. The maximum absolute atomic E-state index is 13.4. The van der Waals surface area contributed by atoms with E-state index in [0.717, 1.165) is 5.56 Å². The number of halogens is 1. The van der Waals surface area contributed by atoms with Gasteiger partial charge >= 0.3 is 0 Å². The largest absolute Gasteiger partial charge is 0.507 e. The molecule has 1 amide bonds. The van der Waals surface area contributed by atoms with Crippen LogP contribution >= 0.6 is 0 Å². The first-order valence-electron chi connectivity index (χ1n) is 12.0. The zero-order valence-electron chi connectivity index (χ0n) is 21.2. The lowest BCUT2D eigenvalue weighted by Crippen LogP contribution is -2.31. The second-order valence-corrected chi connectivity index (χ2v) is 8.60. The average molecular weight is 522 g/mol. The van der Waals surface area contributed by atoms with E-state index in [2.05, 4.69) is 0 Å². The minimum absolute atomic E-state index is 0.103. The number of hydrogen-bond donors (Lipinski definition) is 2. The normalized spacial score (nSPS) is 16.5. The number of likely N-dealkylation sites (tertiary alicyclic amines) is 1. The van der Waals surface area contributed by atoms with Gasteiger partial charge in [-0.15, -0.1) is 0 Å². The molecule has 8 nitrogen and oxygen atoms in total. The number of ether oxygens (including phenoxy) is 3. The van der Waals surface area contributed by atoms with Gasteiger partial charge in [0, 0.05) is 6.54 Å². The predicted molar refractivity (Wildman–Crippen MR) is 138 cm³/mol. The average Bonchev–Trinajstić information content (AvgIpc) is 3.18. The number of benzene rings is 3. The van der Waals surface area contributed by atoms with Crippen LogP contribution in [0.5, 0.6) is 23.0 Å². The highest BCUT2D eigenvalue weighted by atomic mass is 19.1. The van der Waals surface area contributed by atoms with Crippen LogP contribution in [0.25, 0.3) is 5.76 Å². The van der Waals surface area contributed by atoms with Gasteiger partial charge in [-0.3, -0.25) is 9.59 Å². The van der Waals surface area contributed by atoms with E-state index in [4.69, 9.17) is 14.2 Å². The van der Waals surface area contributed by atoms with E-state index in [1.54, 1.807) is 37.3 Å². The molecule has 3 aromatic rings. The van der Waals surface area contributed by atoms with Crippen LogP contribution in [-0.2, 0) is 16.0 Å².